The lowest BCUT2D eigenvalue weighted by Gasteiger charge is -2.13. The first-order valence-electron chi connectivity index (χ1n) is 6.36. The van der Waals surface area contributed by atoms with E-state index >= 15 is 0 Å². The van der Waals surface area contributed by atoms with E-state index in [1.807, 2.05) is 41.3 Å². The monoisotopic (exact) mass is 388 g/mol. The van der Waals surface area contributed by atoms with Gasteiger partial charge < -0.3 is 4.74 Å². The summed E-state index contributed by atoms with van der Waals surface area (Å²) in [4.78, 5) is 2.72. The van der Waals surface area contributed by atoms with Gasteiger partial charge in [-0.05, 0) is 42.0 Å². The highest BCUT2D eigenvalue weighted by Crippen LogP contribution is 2.42. The molecule has 0 saturated carbocycles. The molecule has 3 rings (SSSR count). The van der Waals surface area contributed by atoms with E-state index in [1.165, 1.54) is 27.5 Å². The predicted molar refractivity (Wildman–Crippen MR) is 92.6 cm³/mol. The fourth-order valence-electron chi connectivity index (χ4n) is 2.35. The summed E-state index contributed by atoms with van der Waals surface area (Å²) >= 11 is 14.1. The van der Waals surface area contributed by atoms with E-state index in [4.69, 9.17) is 16.3 Å². The van der Waals surface area contributed by atoms with Gasteiger partial charge in [-0.25, -0.2) is 0 Å². The molecule has 2 aromatic rings. The molecule has 2 heterocycles. The van der Waals surface area contributed by atoms with Crippen molar-refractivity contribution in [1.29, 1.82) is 0 Å². The fraction of sp³-hybridized carbons (Fsp3) is 0.333. The Bertz CT molecular complexity index is 603. The van der Waals surface area contributed by atoms with Gasteiger partial charge in [-0.1, -0.05) is 15.9 Å². The third-order valence-electron chi connectivity index (χ3n) is 3.36. The van der Waals surface area contributed by atoms with Crippen molar-refractivity contribution >= 4 is 50.6 Å². The van der Waals surface area contributed by atoms with Crippen LogP contribution in [0.2, 0.25) is 0 Å². The second-order valence-electron chi connectivity index (χ2n) is 4.65. The normalized spacial score (nSPS) is 15.8. The fourth-order valence-corrected chi connectivity index (χ4v) is 5.47. The maximum Gasteiger partial charge on any atom is 0.124 e. The molecule has 0 bridgehead atoms. The minimum Gasteiger partial charge on any atom is -0.496 e. The van der Waals surface area contributed by atoms with Gasteiger partial charge in [0.05, 0.1) is 12.5 Å². The van der Waals surface area contributed by atoms with Crippen LogP contribution in [0.25, 0.3) is 0 Å². The molecule has 20 heavy (non-hydrogen) atoms. The number of hydrogen-bond donors (Lipinski definition) is 0. The third kappa shape index (κ3) is 2.89. The molecular formula is C15H14BrClOS2. The number of fused-ring (bicyclic) bond motifs is 1. The molecule has 0 fully saturated rings. The van der Waals surface area contributed by atoms with E-state index in [0.717, 1.165) is 21.5 Å². The maximum absolute atomic E-state index is 6.71. The quantitative estimate of drug-likeness (QED) is 0.628. The number of alkyl halides is 1. The van der Waals surface area contributed by atoms with Crippen LogP contribution < -0.4 is 4.74 Å². The average Bonchev–Trinajstić information content (AvgIpc) is 2.90. The van der Waals surface area contributed by atoms with Crippen molar-refractivity contribution in [3.63, 3.8) is 0 Å². The van der Waals surface area contributed by atoms with Crippen molar-refractivity contribution in [2.45, 2.75) is 17.6 Å². The van der Waals surface area contributed by atoms with Gasteiger partial charge in [0.25, 0.3) is 0 Å². The van der Waals surface area contributed by atoms with Crippen LogP contribution in [0, 0.1) is 0 Å². The summed E-state index contributed by atoms with van der Waals surface area (Å²) in [6.45, 7) is 0. The summed E-state index contributed by atoms with van der Waals surface area (Å²) in [5, 5.41) is -0.150. The summed E-state index contributed by atoms with van der Waals surface area (Å²) in [6, 6.07) is 8.24. The van der Waals surface area contributed by atoms with E-state index < -0.39 is 0 Å². The molecule has 1 aromatic heterocycles. The topological polar surface area (TPSA) is 9.23 Å². The highest BCUT2D eigenvalue weighted by molar-refractivity contribution is 9.10. The molecule has 0 N–H and O–H groups in total. The molecule has 1 nitrogen and oxygen atoms in total. The van der Waals surface area contributed by atoms with Crippen LogP contribution in [0.5, 0.6) is 5.75 Å². The summed E-state index contributed by atoms with van der Waals surface area (Å²) in [6.07, 6.45) is 1.17. The van der Waals surface area contributed by atoms with E-state index in [0.29, 0.717) is 0 Å². The molecule has 0 amide bonds. The Morgan fingerprint density at radius 2 is 2.20 bits per heavy atom. The van der Waals surface area contributed by atoms with Crippen LogP contribution in [-0.4, -0.2) is 12.9 Å². The lowest BCUT2D eigenvalue weighted by Crippen LogP contribution is -1.96. The molecule has 1 aliphatic heterocycles. The van der Waals surface area contributed by atoms with E-state index in [1.54, 1.807) is 7.11 Å². The van der Waals surface area contributed by atoms with Gasteiger partial charge in [0.15, 0.2) is 0 Å². The first-order chi connectivity index (χ1) is 9.69. The largest absolute Gasteiger partial charge is 0.496 e. The Kier molecular flexibility index (Phi) is 4.65. The third-order valence-corrected chi connectivity index (χ3v) is 6.76. The second kappa shape index (κ2) is 6.30. The second-order valence-corrected chi connectivity index (χ2v) is 8.27. The average molecular weight is 390 g/mol. The summed E-state index contributed by atoms with van der Waals surface area (Å²) in [7, 11) is 1.69. The number of thiophene rings is 1. The van der Waals surface area contributed by atoms with Crippen LogP contribution in [0.15, 0.2) is 28.7 Å². The number of aryl methyl sites for hydroxylation is 1. The van der Waals surface area contributed by atoms with Gasteiger partial charge in [-0.3, -0.25) is 0 Å². The van der Waals surface area contributed by atoms with E-state index in [9.17, 15) is 0 Å². The molecule has 1 atom stereocenters. The summed E-state index contributed by atoms with van der Waals surface area (Å²) in [5.41, 5.74) is 2.48. The number of hydrogen-bond acceptors (Lipinski definition) is 3. The number of benzene rings is 1. The smallest absolute Gasteiger partial charge is 0.124 e. The van der Waals surface area contributed by atoms with E-state index in [-0.39, 0.29) is 5.38 Å². The maximum atomic E-state index is 6.71. The molecule has 1 aliphatic rings. The Morgan fingerprint density at radius 3 is 2.95 bits per heavy atom. The van der Waals surface area contributed by atoms with Crippen LogP contribution >= 0.6 is 50.6 Å². The number of ether oxygens (including phenoxy) is 1. The van der Waals surface area contributed by atoms with Gasteiger partial charge in [0, 0.05) is 25.5 Å². The molecule has 1 aromatic carbocycles. The van der Waals surface area contributed by atoms with E-state index in [2.05, 4.69) is 22.0 Å². The number of rotatable bonds is 3. The van der Waals surface area contributed by atoms with Crippen molar-refractivity contribution in [3.05, 3.63) is 49.6 Å². The highest BCUT2D eigenvalue weighted by Gasteiger charge is 2.21. The van der Waals surface area contributed by atoms with Crippen molar-refractivity contribution in [2.75, 3.05) is 12.9 Å². The summed E-state index contributed by atoms with van der Waals surface area (Å²) in [5.74, 6) is 3.18. The molecule has 0 aliphatic carbocycles. The number of methoxy groups -OCH3 is 1. The molecule has 0 spiro atoms. The molecule has 106 valence electrons. The standard InChI is InChI=1S/C15H14BrClOS2/c1-18-12-3-2-10(16)7-11(12)15(17)14-6-9-8-19-5-4-13(9)20-14/h2-3,6-7,15H,4-5,8H2,1H3. The molecule has 0 saturated heterocycles. The Balaban J connectivity index is 1.97. The van der Waals surface area contributed by atoms with Crippen LogP contribution in [0.4, 0.5) is 0 Å². The zero-order valence-electron chi connectivity index (χ0n) is 11.0. The minimum absolute atomic E-state index is 0.150. The van der Waals surface area contributed by atoms with Crippen LogP contribution in [0.3, 0.4) is 0 Å². The van der Waals surface area contributed by atoms with Crippen molar-refractivity contribution in [2.24, 2.45) is 0 Å². The van der Waals surface area contributed by atoms with Gasteiger partial charge >= 0.3 is 0 Å². The Labute approximate surface area is 140 Å². The van der Waals surface area contributed by atoms with Gasteiger partial charge in [-0.15, -0.1) is 22.9 Å². The molecule has 0 radical (unpaired) electrons. The van der Waals surface area contributed by atoms with Gasteiger partial charge in [0.2, 0.25) is 0 Å². The summed E-state index contributed by atoms with van der Waals surface area (Å²) < 4.78 is 6.46. The van der Waals surface area contributed by atoms with Crippen molar-refractivity contribution in [1.82, 2.24) is 0 Å². The molecule has 1 unspecified atom stereocenters. The minimum atomic E-state index is -0.150. The lowest BCUT2D eigenvalue weighted by atomic mass is 10.1. The predicted octanol–water partition coefficient (Wildman–Crippen LogP) is 5.64. The lowest BCUT2D eigenvalue weighted by molar-refractivity contribution is 0.410. The van der Waals surface area contributed by atoms with Crippen LogP contribution in [0.1, 0.15) is 26.3 Å². The highest BCUT2D eigenvalue weighted by atomic mass is 79.9. The SMILES string of the molecule is COc1ccc(Br)cc1C(Cl)c1cc2c(s1)CCSC2. The Morgan fingerprint density at radius 1 is 1.35 bits per heavy atom. The molecular weight excluding hydrogens is 376 g/mol. The van der Waals surface area contributed by atoms with Gasteiger partial charge in [0.1, 0.15) is 5.75 Å². The van der Waals surface area contributed by atoms with Crippen molar-refractivity contribution < 1.29 is 4.74 Å². The zero-order chi connectivity index (χ0) is 14.1. The molecule has 5 heteroatoms. The zero-order valence-corrected chi connectivity index (χ0v) is 15.0. The first-order valence-corrected chi connectivity index (χ1v) is 9.56. The van der Waals surface area contributed by atoms with Crippen molar-refractivity contribution in [3.8, 4) is 5.75 Å². The van der Waals surface area contributed by atoms with Crippen LogP contribution in [-0.2, 0) is 12.2 Å². The number of halogens is 2. The Hall–Kier alpha value is -0.160. The van der Waals surface area contributed by atoms with Gasteiger partial charge in [-0.2, -0.15) is 11.8 Å². The first kappa shape index (κ1) is 14.8. The number of thioether (sulfide) groups is 1.